The summed E-state index contributed by atoms with van der Waals surface area (Å²) >= 11 is 0. The number of carbonyl (C=O) groups is 1. The van der Waals surface area contributed by atoms with Crippen LogP contribution in [0.1, 0.15) is 12.8 Å². The topological polar surface area (TPSA) is 111 Å². The SMILES string of the molecule is COc1ccccc1N1CCN(C(=O)CCCn2c(=O)oc3cc([N+](=O)[O-])ccc32)CC1. The van der Waals surface area contributed by atoms with Crippen LogP contribution in [0.3, 0.4) is 0 Å². The third-order valence-corrected chi connectivity index (χ3v) is 5.69. The highest BCUT2D eigenvalue weighted by atomic mass is 16.6. The van der Waals surface area contributed by atoms with Crippen molar-refractivity contribution in [1.29, 1.82) is 0 Å². The highest BCUT2D eigenvalue weighted by Gasteiger charge is 2.23. The van der Waals surface area contributed by atoms with E-state index in [2.05, 4.69) is 4.90 Å². The van der Waals surface area contributed by atoms with E-state index >= 15 is 0 Å². The molecule has 0 unspecified atom stereocenters. The van der Waals surface area contributed by atoms with E-state index in [-0.39, 0.29) is 17.2 Å². The van der Waals surface area contributed by atoms with Gasteiger partial charge in [0.15, 0.2) is 5.58 Å². The average molecular weight is 440 g/mol. The lowest BCUT2D eigenvalue weighted by Crippen LogP contribution is -2.48. The average Bonchev–Trinajstić information content (AvgIpc) is 3.13. The van der Waals surface area contributed by atoms with Gasteiger partial charge >= 0.3 is 5.76 Å². The van der Waals surface area contributed by atoms with Crippen molar-refractivity contribution in [2.75, 3.05) is 38.2 Å². The maximum Gasteiger partial charge on any atom is 0.419 e. The van der Waals surface area contributed by atoms with Crippen LogP contribution in [-0.4, -0.2) is 53.6 Å². The highest BCUT2D eigenvalue weighted by Crippen LogP contribution is 2.28. The number of methoxy groups -OCH3 is 1. The van der Waals surface area contributed by atoms with Crippen LogP contribution in [0, 0.1) is 10.1 Å². The van der Waals surface area contributed by atoms with Gasteiger partial charge in [0.05, 0.1) is 29.3 Å². The summed E-state index contributed by atoms with van der Waals surface area (Å²) in [4.78, 5) is 39.2. The molecule has 0 saturated carbocycles. The van der Waals surface area contributed by atoms with Gasteiger partial charge in [0, 0.05) is 45.2 Å². The summed E-state index contributed by atoms with van der Waals surface area (Å²) in [5.41, 5.74) is 1.54. The Balaban J connectivity index is 1.32. The number of hydrogen-bond donors (Lipinski definition) is 0. The Morgan fingerprint density at radius 1 is 1.16 bits per heavy atom. The molecule has 1 saturated heterocycles. The number of nitro groups is 1. The zero-order valence-corrected chi connectivity index (χ0v) is 17.7. The van der Waals surface area contributed by atoms with E-state index in [1.54, 1.807) is 7.11 Å². The molecule has 0 radical (unpaired) electrons. The molecule has 0 bridgehead atoms. The minimum Gasteiger partial charge on any atom is -0.495 e. The zero-order valence-electron chi connectivity index (χ0n) is 17.7. The largest absolute Gasteiger partial charge is 0.495 e. The van der Waals surface area contributed by atoms with Gasteiger partial charge in [-0.25, -0.2) is 4.79 Å². The lowest BCUT2D eigenvalue weighted by atomic mass is 10.2. The summed E-state index contributed by atoms with van der Waals surface area (Å²) in [6.45, 7) is 2.98. The number of non-ortho nitro benzene ring substituents is 1. The second-order valence-corrected chi connectivity index (χ2v) is 7.57. The van der Waals surface area contributed by atoms with E-state index in [0.717, 1.165) is 24.5 Å². The first kappa shape index (κ1) is 21.4. The van der Waals surface area contributed by atoms with Crippen LogP contribution in [0.25, 0.3) is 11.1 Å². The predicted octanol–water partition coefficient (Wildman–Crippen LogP) is 2.64. The molecule has 1 amide bonds. The van der Waals surface area contributed by atoms with Crippen molar-refractivity contribution in [3.05, 3.63) is 63.1 Å². The van der Waals surface area contributed by atoms with Gasteiger partial charge < -0.3 is 19.0 Å². The van der Waals surface area contributed by atoms with Gasteiger partial charge in [0.25, 0.3) is 5.69 Å². The molecule has 2 heterocycles. The van der Waals surface area contributed by atoms with Crippen molar-refractivity contribution >= 4 is 28.4 Å². The van der Waals surface area contributed by atoms with E-state index < -0.39 is 10.7 Å². The Bertz CT molecular complexity index is 1190. The molecular weight excluding hydrogens is 416 g/mol. The van der Waals surface area contributed by atoms with Crippen molar-refractivity contribution in [3.63, 3.8) is 0 Å². The molecule has 32 heavy (non-hydrogen) atoms. The minimum absolute atomic E-state index is 0.0427. The van der Waals surface area contributed by atoms with E-state index in [1.165, 1.54) is 22.8 Å². The number of oxazole rings is 1. The third kappa shape index (κ3) is 4.29. The molecule has 0 aliphatic carbocycles. The van der Waals surface area contributed by atoms with E-state index in [9.17, 15) is 19.7 Å². The van der Waals surface area contributed by atoms with Crippen LogP contribution < -0.4 is 15.4 Å². The van der Waals surface area contributed by atoms with Gasteiger partial charge in [0.2, 0.25) is 5.91 Å². The van der Waals surface area contributed by atoms with Gasteiger partial charge in [-0.05, 0) is 24.6 Å². The molecule has 1 aromatic heterocycles. The number of fused-ring (bicyclic) bond motifs is 1. The summed E-state index contributed by atoms with van der Waals surface area (Å²) < 4.78 is 12.0. The summed E-state index contributed by atoms with van der Waals surface area (Å²) in [7, 11) is 1.65. The molecule has 0 atom stereocenters. The Kier molecular flexibility index (Phi) is 6.11. The fourth-order valence-electron chi connectivity index (χ4n) is 4.01. The fourth-order valence-corrected chi connectivity index (χ4v) is 4.01. The van der Waals surface area contributed by atoms with Crippen molar-refractivity contribution in [2.45, 2.75) is 19.4 Å². The van der Waals surface area contributed by atoms with Crippen LogP contribution in [0.5, 0.6) is 5.75 Å². The van der Waals surface area contributed by atoms with Crippen molar-refractivity contribution in [3.8, 4) is 5.75 Å². The van der Waals surface area contributed by atoms with Gasteiger partial charge in [-0.2, -0.15) is 0 Å². The highest BCUT2D eigenvalue weighted by molar-refractivity contribution is 5.77. The summed E-state index contributed by atoms with van der Waals surface area (Å²) in [5.74, 6) is 0.273. The standard InChI is InChI=1S/C22H24N4O6/c1-31-19-6-3-2-5-17(19)23-11-13-24(14-12-23)21(27)7-4-10-25-18-9-8-16(26(29)30)15-20(18)32-22(25)28/h2-3,5-6,8-9,15H,4,7,10-14H2,1H3. The molecule has 1 aliphatic heterocycles. The number of aryl methyl sites for hydroxylation is 1. The monoisotopic (exact) mass is 440 g/mol. The van der Waals surface area contributed by atoms with Gasteiger partial charge in [0.1, 0.15) is 5.75 Å². The second-order valence-electron chi connectivity index (χ2n) is 7.57. The molecule has 1 fully saturated rings. The number of nitro benzene ring substituents is 1. The van der Waals surface area contributed by atoms with Gasteiger partial charge in [-0.15, -0.1) is 0 Å². The van der Waals surface area contributed by atoms with Crippen molar-refractivity contribution in [1.82, 2.24) is 9.47 Å². The number of hydrogen-bond acceptors (Lipinski definition) is 7. The number of piperazine rings is 1. The maximum absolute atomic E-state index is 12.7. The van der Waals surface area contributed by atoms with Crippen molar-refractivity contribution < 1.29 is 18.9 Å². The first-order valence-electron chi connectivity index (χ1n) is 10.4. The van der Waals surface area contributed by atoms with Crippen LogP contribution in [0.15, 0.2) is 51.7 Å². The normalized spacial score (nSPS) is 14.0. The van der Waals surface area contributed by atoms with Crippen LogP contribution >= 0.6 is 0 Å². The molecule has 168 valence electrons. The predicted molar refractivity (Wildman–Crippen MR) is 118 cm³/mol. The third-order valence-electron chi connectivity index (χ3n) is 5.69. The number of anilines is 1. The Hall–Kier alpha value is -3.82. The lowest BCUT2D eigenvalue weighted by molar-refractivity contribution is -0.384. The number of ether oxygens (including phenoxy) is 1. The lowest BCUT2D eigenvalue weighted by Gasteiger charge is -2.36. The zero-order chi connectivity index (χ0) is 22.7. The van der Waals surface area contributed by atoms with Crippen LogP contribution in [0.2, 0.25) is 0 Å². The molecule has 2 aromatic carbocycles. The number of nitrogens with zero attached hydrogens (tertiary/aromatic N) is 4. The molecule has 10 heteroatoms. The van der Waals surface area contributed by atoms with E-state index in [1.807, 2.05) is 29.2 Å². The summed E-state index contributed by atoms with van der Waals surface area (Å²) in [6.07, 6.45) is 0.776. The molecule has 0 spiro atoms. The van der Waals surface area contributed by atoms with Gasteiger partial charge in [-0.3, -0.25) is 19.5 Å². The molecule has 0 N–H and O–H groups in total. The maximum atomic E-state index is 12.7. The summed E-state index contributed by atoms with van der Waals surface area (Å²) in [6, 6.07) is 11.9. The number of carbonyl (C=O) groups excluding carboxylic acids is 1. The smallest absolute Gasteiger partial charge is 0.419 e. The fraction of sp³-hybridized carbons (Fsp3) is 0.364. The number of aromatic nitrogens is 1. The Morgan fingerprint density at radius 3 is 2.62 bits per heavy atom. The minimum atomic E-state index is -0.585. The quantitative estimate of drug-likeness (QED) is 0.410. The van der Waals surface area contributed by atoms with Crippen LogP contribution in [-0.2, 0) is 11.3 Å². The van der Waals surface area contributed by atoms with E-state index in [4.69, 9.17) is 9.15 Å². The molecule has 4 rings (SSSR count). The first-order chi connectivity index (χ1) is 15.5. The molecule has 10 nitrogen and oxygen atoms in total. The second kappa shape index (κ2) is 9.13. The number of benzene rings is 2. The summed E-state index contributed by atoms with van der Waals surface area (Å²) in [5, 5.41) is 10.9. The van der Waals surface area contributed by atoms with Crippen LogP contribution in [0.4, 0.5) is 11.4 Å². The van der Waals surface area contributed by atoms with Crippen molar-refractivity contribution in [2.24, 2.45) is 0 Å². The number of amides is 1. The van der Waals surface area contributed by atoms with E-state index in [0.29, 0.717) is 38.0 Å². The first-order valence-corrected chi connectivity index (χ1v) is 10.4. The molecule has 3 aromatic rings. The number of rotatable bonds is 7. The Labute approximate surface area is 183 Å². The molecular formula is C22H24N4O6. The Morgan fingerprint density at radius 2 is 1.91 bits per heavy atom. The number of para-hydroxylation sites is 2. The van der Waals surface area contributed by atoms with Gasteiger partial charge in [-0.1, -0.05) is 12.1 Å². The molecule has 1 aliphatic rings.